The zero-order chi connectivity index (χ0) is 20.2. The molecule has 0 aliphatic rings. The van der Waals surface area contributed by atoms with Gasteiger partial charge in [-0.15, -0.1) is 0 Å². The summed E-state index contributed by atoms with van der Waals surface area (Å²) in [5, 5.41) is 2.25. The van der Waals surface area contributed by atoms with E-state index in [9.17, 15) is 30.8 Å². The van der Waals surface area contributed by atoms with Crippen LogP contribution in [0.15, 0.2) is 53.4 Å². The first kappa shape index (κ1) is 20.8. The van der Waals surface area contributed by atoms with Gasteiger partial charge in [-0.25, -0.2) is 12.8 Å². The van der Waals surface area contributed by atoms with Crippen molar-refractivity contribution in [3.8, 4) is 0 Å². The summed E-state index contributed by atoms with van der Waals surface area (Å²) < 4.78 is 77.0. The molecule has 0 unspecified atom stereocenters. The molecule has 2 aromatic carbocycles. The van der Waals surface area contributed by atoms with Gasteiger partial charge >= 0.3 is 6.18 Å². The van der Waals surface area contributed by atoms with Crippen LogP contribution in [0.5, 0.6) is 0 Å². The molecular formula is C17H16F4N2O3S. The summed E-state index contributed by atoms with van der Waals surface area (Å²) >= 11 is 0. The third-order valence-corrected chi connectivity index (χ3v) is 5.53. The van der Waals surface area contributed by atoms with Crippen molar-refractivity contribution in [2.75, 3.05) is 18.4 Å². The average molecular weight is 404 g/mol. The Morgan fingerprint density at radius 1 is 1.11 bits per heavy atom. The van der Waals surface area contributed by atoms with E-state index >= 15 is 0 Å². The maximum atomic E-state index is 13.0. The monoisotopic (exact) mass is 404 g/mol. The van der Waals surface area contributed by atoms with E-state index in [0.29, 0.717) is 0 Å². The normalized spacial score (nSPS) is 12.2. The number of anilines is 1. The summed E-state index contributed by atoms with van der Waals surface area (Å²) in [4.78, 5) is 11.9. The second-order valence-corrected chi connectivity index (χ2v) is 7.45. The van der Waals surface area contributed by atoms with Crippen LogP contribution < -0.4 is 5.32 Å². The van der Waals surface area contributed by atoms with E-state index in [2.05, 4.69) is 5.32 Å². The molecule has 5 nitrogen and oxygen atoms in total. The first-order chi connectivity index (χ1) is 12.5. The van der Waals surface area contributed by atoms with Crippen molar-refractivity contribution in [3.05, 3.63) is 59.9 Å². The first-order valence-corrected chi connectivity index (χ1v) is 9.21. The van der Waals surface area contributed by atoms with Crippen molar-refractivity contribution >= 4 is 21.6 Å². The molecule has 0 radical (unpaired) electrons. The highest BCUT2D eigenvalue weighted by atomic mass is 32.2. The molecule has 0 aromatic heterocycles. The summed E-state index contributed by atoms with van der Waals surface area (Å²) in [6.07, 6.45) is -4.57. The molecule has 0 heterocycles. The lowest BCUT2D eigenvalue weighted by Crippen LogP contribution is -2.37. The third-order valence-electron chi connectivity index (χ3n) is 3.60. The van der Waals surface area contributed by atoms with Crippen LogP contribution in [0.3, 0.4) is 0 Å². The molecule has 0 saturated heterocycles. The molecule has 0 saturated carbocycles. The fourth-order valence-electron chi connectivity index (χ4n) is 2.26. The second kappa shape index (κ2) is 8.05. The molecule has 1 amide bonds. The van der Waals surface area contributed by atoms with E-state index in [0.717, 1.165) is 46.8 Å². The minimum absolute atomic E-state index is 0.0598. The predicted molar refractivity (Wildman–Crippen MR) is 90.9 cm³/mol. The van der Waals surface area contributed by atoms with E-state index in [1.807, 2.05) is 0 Å². The Kier molecular flexibility index (Phi) is 6.22. The molecule has 0 spiro atoms. The van der Waals surface area contributed by atoms with Crippen LogP contribution in [0.25, 0.3) is 0 Å². The van der Waals surface area contributed by atoms with Gasteiger partial charge in [0.15, 0.2) is 0 Å². The highest BCUT2D eigenvalue weighted by molar-refractivity contribution is 7.89. The van der Waals surface area contributed by atoms with Crippen LogP contribution in [-0.4, -0.2) is 31.7 Å². The first-order valence-electron chi connectivity index (χ1n) is 7.77. The number of hydrogen-bond donors (Lipinski definition) is 1. The van der Waals surface area contributed by atoms with Gasteiger partial charge in [-0.2, -0.15) is 17.5 Å². The molecule has 2 rings (SSSR count). The third kappa shape index (κ3) is 5.27. The zero-order valence-electron chi connectivity index (χ0n) is 14.1. The fraction of sp³-hybridized carbons (Fsp3) is 0.235. The summed E-state index contributed by atoms with van der Waals surface area (Å²) in [6.45, 7) is 0.834. The van der Waals surface area contributed by atoms with Crippen LogP contribution in [0.1, 0.15) is 12.5 Å². The van der Waals surface area contributed by atoms with Crippen LogP contribution in [-0.2, 0) is 21.0 Å². The number of benzene rings is 2. The highest BCUT2D eigenvalue weighted by Crippen LogP contribution is 2.30. The van der Waals surface area contributed by atoms with Crippen LogP contribution in [0, 0.1) is 5.82 Å². The van der Waals surface area contributed by atoms with Crippen molar-refractivity contribution in [3.63, 3.8) is 0 Å². The summed E-state index contributed by atoms with van der Waals surface area (Å²) in [5.41, 5.74) is -1.04. The number of hydrogen-bond acceptors (Lipinski definition) is 3. The number of nitrogens with one attached hydrogen (secondary N) is 1. The van der Waals surface area contributed by atoms with Gasteiger partial charge < -0.3 is 5.32 Å². The molecule has 0 atom stereocenters. The summed E-state index contributed by atoms with van der Waals surface area (Å²) in [6, 6.07) is 8.09. The molecule has 27 heavy (non-hydrogen) atoms. The number of carbonyl (C=O) groups excluding carboxylic acids is 1. The lowest BCUT2D eigenvalue weighted by molar-refractivity contribution is -0.137. The molecule has 1 N–H and O–H groups in total. The summed E-state index contributed by atoms with van der Waals surface area (Å²) in [7, 11) is -4.06. The van der Waals surface area contributed by atoms with Crippen molar-refractivity contribution < 1.29 is 30.8 Å². The number of nitrogens with zero attached hydrogens (tertiary/aromatic N) is 1. The molecule has 0 aliphatic carbocycles. The largest absolute Gasteiger partial charge is 0.416 e. The Morgan fingerprint density at radius 2 is 1.74 bits per heavy atom. The quantitative estimate of drug-likeness (QED) is 0.750. The fourth-order valence-corrected chi connectivity index (χ4v) is 3.66. The average Bonchev–Trinajstić information content (AvgIpc) is 2.59. The molecule has 0 fully saturated rings. The molecule has 10 heteroatoms. The van der Waals surface area contributed by atoms with Gasteiger partial charge in [-0.3, -0.25) is 4.79 Å². The molecular weight excluding hydrogens is 388 g/mol. The zero-order valence-corrected chi connectivity index (χ0v) is 14.9. The highest BCUT2D eigenvalue weighted by Gasteiger charge is 2.31. The predicted octanol–water partition coefficient (Wildman–Crippen LogP) is 3.49. The Balaban J connectivity index is 2.14. The van der Waals surface area contributed by atoms with Gasteiger partial charge in [0.25, 0.3) is 0 Å². The summed E-state index contributed by atoms with van der Waals surface area (Å²) in [5.74, 6) is -1.42. The van der Waals surface area contributed by atoms with Crippen molar-refractivity contribution in [2.45, 2.75) is 18.0 Å². The van der Waals surface area contributed by atoms with Gasteiger partial charge in [0, 0.05) is 12.2 Å². The number of halogens is 4. The van der Waals surface area contributed by atoms with Crippen molar-refractivity contribution in [1.82, 2.24) is 4.31 Å². The SMILES string of the molecule is CCN(CC(=O)Nc1cccc(C(F)(F)F)c1)S(=O)(=O)c1ccc(F)cc1. The number of carbonyl (C=O) groups is 1. The topological polar surface area (TPSA) is 66.5 Å². The number of alkyl halides is 3. The number of likely N-dealkylation sites (N-methyl/N-ethyl adjacent to an activating group) is 1. The number of amides is 1. The van der Waals surface area contributed by atoms with E-state index in [1.165, 1.54) is 13.0 Å². The van der Waals surface area contributed by atoms with E-state index in [1.54, 1.807) is 0 Å². The number of rotatable bonds is 6. The van der Waals surface area contributed by atoms with Crippen molar-refractivity contribution in [1.29, 1.82) is 0 Å². The maximum absolute atomic E-state index is 13.0. The van der Waals surface area contributed by atoms with Gasteiger partial charge in [-0.1, -0.05) is 13.0 Å². The second-order valence-electron chi connectivity index (χ2n) is 5.51. The Labute approximate surface area is 153 Å². The van der Waals surface area contributed by atoms with E-state index < -0.39 is 40.0 Å². The van der Waals surface area contributed by atoms with E-state index in [4.69, 9.17) is 0 Å². The molecule has 146 valence electrons. The lowest BCUT2D eigenvalue weighted by atomic mass is 10.2. The van der Waals surface area contributed by atoms with Crippen molar-refractivity contribution in [2.24, 2.45) is 0 Å². The van der Waals surface area contributed by atoms with Crippen LogP contribution in [0.2, 0.25) is 0 Å². The van der Waals surface area contributed by atoms with Crippen LogP contribution in [0.4, 0.5) is 23.2 Å². The van der Waals surface area contributed by atoms with Gasteiger partial charge in [-0.05, 0) is 42.5 Å². The van der Waals surface area contributed by atoms with Gasteiger partial charge in [0.2, 0.25) is 15.9 Å². The van der Waals surface area contributed by atoms with Gasteiger partial charge in [0.05, 0.1) is 17.0 Å². The van der Waals surface area contributed by atoms with E-state index in [-0.39, 0.29) is 17.1 Å². The smallest absolute Gasteiger partial charge is 0.325 e. The molecule has 0 bridgehead atoms. The Hall–Kier alpha value is -2.46. The number of sulfonamides is 1. The standard InChI is InChI=1S/C17H16F4N2O3S/c1-2-23(27(25,26)15-8-6-13(18)7-9-15)11-16(24)22-14-5-3-4-12(10-14)17(19,20)21/h3-10H,2,11H2,1H3,(H,22,24). The minimum Gasteiger partial charge on any atom is -0.325 e. The maximum Gasteiger partial charge on any atom is 0.416 e. The minimum atomic E-state index is -4.57. The van der Waals surface area contributed by atoms with Crippen LogP contribution >= 0.6 is 0 Å². The lowest BCUT2D eigenvalue weighted by Gasteiger charge is -2.20. The Morgan fingerprint density at radius 3 is 2.30 bits per heavy atom. The molecule has 2 aromatic rings. The van der Waals surface area contributed by atoms with Gasteiger partial charge in [0.1, 0.15) is 5.82 Å². The Bertz CT molecular complexity index is 913. The molecule has 0 aliphatic heterocycles.